The summed E-state index contributed by atoms with van der Waals surface area (Å²) in [5.41, 5.74) is 4.04. The van der Waals surface area contributed by atoms with E-state index in [1.807, 2.05) is 0 Å². The molecule has 1 amide bonds. The van der Waals surface area contributed by atoms with Crippen LogP contribution in [0.25, 0.3) is 0 Å². The lowest BCUT2D eigenvalue weighted by Crippen LogP contribution is -2.32. The monoisotopic (exact) mass is 140 g/mol. The summed E-state index contributed by atoms with van der Waals surface area (Å²) in [7, 11) is 0. The van der Waals surface area contributed by atoms with E-state index in [9.17, 15) is 9.59 Å². The number of nitrogens with two attached hydrogens (primary N) is 1. The van der Waals surface area contributed by atoms with Crippen molar-refractivity contribution in [3.8, 4) is 0 Å². The van der Waals surface area contributed by atoms with Crippen molar-refractivity contribution in [2.45, 2.75) is 0 Å². The van der Waals surface area contributed by atoms with E-state index in [1.54, 1.807) is 0 Å². The van der Waals surface area contributed by atoms with Gasteiger partial charge in [0.25, 0.3) is 0 Å². The van der Waals surface area contributed by atoms with Crippen LogP contribution in [0.15, 0.2) is 17.4 Å². The van der Waals surface area contributed by atoms with Crippen molar-refractivity contribution in [3.63, 3.8) is 0 Å². The number of aromatic nitrogens is 3. The molecule has 0 saturated carbocycles. The molecule has 2 N–H and O–H groups in total. The zero-order valence-corrected chi connectivity index (χ0v) is 4.89. The van der Waals surface area contributed by atoms with Gasteiger partial charge in [-0.2, -0.15) is 4.98 Å². The van der Waals surface area contributed by atoms with Gasteiger partial charge in [-0.05, 0) is 0 Å². The molecule has 0 aromatic carbocycles. The first-order chi connectivity index (χ1) is 4.72. The van der Waals surface area contributed by atoms with Crippen LogP contribution in [0, 0.1) is 0 Å². The van der Waals surface area contributed by atoms with Crippen LogP contribution in [0.5, 0.6) is 0 Å². The minimum atomic E-state index is -0.884. The molecule has 1 aromatic rings. The number of carbonyl (C=O) groups excluding carboxylic acids is 1. The van der Waals surface area contributed by atoms with E-state index in [4.69, 9.17) is 5.73 Å². The molecule has 0 aliphatic carbocycles. The predicted molar refractivity (Wildman–Crippen MR) is 31.3 cm³/mol. The molecule has 1 heterocycles. The van der Waals surface area contributed by atoms with Crippen molar-refractivity contribution in [1.82, 2.24) is 14.5 Å². The maximum Gasteiger partial charge on any atom is 0.358 e. The first kappa shape index (κ1) is 6.40. The maximum atomic E-state index is 10.6. The minimum absolute atomic E-state index is 0.611. The molecule has 10 heavy (non-hydrogen) atoms. The standard InChI is InChI=1S/C4H4N4O2/c5-3(9)8-2-6-1-7-4(8)10/h1-2H,(H2,5,9). The number of rotatable bonds is 0. The number of primary amides is 1. The molecule has 6 heteroatoms. The van der Waals surface area contributed by atoms with E-state index in [-0.39, 0.29) is 0 Å². The summed E-state index contributed by atoms with van der Waals surface area (Å²) >= 11 is 0. The fourth-order valence-electron chi connectivity index (χ4n) is 0.442. The molecule has 1 rings (SSSR count). The van der Waals surface area contributed by atoms with E-state index in [0.29, 0.717) is 4.57 Å². The van der Waals surface area contributed by atoms with Crippen molar-refractivity contribution in [2.24, 2.45) is 5.73 Å². The first-order valence-electron chi connectivity index (χ1n) is 2.40. The van der Waals surface area contributed by atoms with E-state index < -0.39 is 11.7 Å². The Labute approximate surface area is 55.3 Å². The van der Waals surface area contributed by atoms with Crippen molar-refractivity contribution in [3.05, 3.63) is 23.1 Å². The summed E-state index contributed by atoms with van der Waals surface area (Å²) in [6.45, 7) is 0. The molecule has 0 saturated heterocycles. The summed E-state index contributed by atoms with van der Waals surface area (Å²) in [4.78, 5) is 27.5. The Hall–Kier alpha value is -1.72. The van der Waals surface area contributed by atoms with E-state index >= 15 is 0 Å². The fraction of sp³-hybridized carbons (Fsp3) is 0. The first-order valence-corrected chi connectivity index (χ1v) is 2.40. The molecule has 0 atom stereocenters. The van der Waals surface area contributed by atoms with Gasteiger partial charge in [0, 0.05) is 0 Å². The normalized spacial score (nSPS) is 9.20. The molecule has 0 radical (unpaired) electrons. The van der Waals surface area contributed by atoms with Crippen LogP contribution < -0.4 is 11.4 Å². The van der Waals surface area contributed by atoms with E-state index in [2.05, 4.69) is 9.97 Å². The highest BCUT2D eigenvalue weighted by molar-refractivity contribution is 5.73. The van der Waals surface area contributed by atoms with Crippen LogP contribution in [0.1, 0.15) is 0 Å². The molecule has 0 fully saturated rings. The van der Waals surface area contributed by atoms with Crippen LogP contribution in [0.3, 0.4) is 0 Å². The zero-order valence-electron chi connectivity index (χ0n) is 4.89. The summed E-state index contributed by atoms with van der Waals surface area (Å²) in [5.74, 6) is 0. The Bertz CT molecular complexity index is 304. The summed E-state index contributed by atoms with van der Waals surface area (Å²) in [6.07, 6.45) is 2.05. The van der Waals surface area contributed by atoms with Gasteiger partial charge in [0.15, 0.2) is 0 Å². The fourth-order valence-corrected chi connectivity index (χ4v) is 0.442. The van der Waals surface area contributed by atoms with Gasteiger partial charge in [0.2, 0.25) is 0 Å². The lowest BCUT2D eigenvalue weighted by molar-refractivity contribution is 0.249. The maximum absolute atomic E-state index is 10.6. The quantitative estimate of drug-likeness (QED) is 0.478. The molecule has 0 spiro atoms. The van der Waals surface area contributed by atoms with Crippen LogP contribution in [0.4, 0.5) is 4.79 Å². The molecule has 0 bridgehead atoms. The highest BCUT2D eigenvalue weighted by atomic mass is 16.2. The van der Waals surface area contributed by atoms with Crippen LogP contribution in [-0.4, -0.2) is 20.6 Å². The summed E-state index contributed by atoms with van der Waals surface area (Å²) < 4.78 is 0.611. The lowest BCUT2D eigenvalue weighted by atomic mass is 10.9. The third-order valence-corrected chi connectivity index (χ3v) is 0.860. The molecule has 0 unspecified atom stereocenters. The Kier molecular flexibility index (Phi) is 1.44. The van der Waals surface area contributed by atoms with Crippen LogP contribution in [0.2, 0.25) is 0 Å². The van der Waals surface area contributed by atoms with Crippen molar-refractivity contribution < 1.29 is 4.79 Å². The second-order valence-electron chi connectivity index (χ2n) is 1.50. The van der Waals surface area contributed by atoms with E-state index in [1.165, 1.54) is 0 Å². The Balaban J connectivity index is 3.29. The number of nitrogens with zero attached hydrogens (tertiary/aromatic N) is 3. The van der Waals surface area contributed by atoms with Crippen molar-refractivity contribution in [2.75, 3.05) is 0 Å². The second kappa shape index (κ2) is 2.26. The number of carbonyl (C=O) groups is 1. The topological polar surface area (TPSA) is 90.9 Å². The van der Waals surface area contributed by atoms with Gasteiger partial charge < -0.3 is 5.73 Å². The average Bonchev–Trinajstić information content (AvgIpc) is 1.88. The molecule has 0 aliphatic rings. The van der Waals surface area contributed by atoms with Gasteiger partial charge in [-0.15, -0.1) is 0 Å². The van der Waals surface area contributed by atoms with E-state index in [0.717, 1.165) is 12.7 Å². The molecular formula is C4H4N4O2. The number of hydrogen-bond acceptors (Lipinski definition) is 4. The smallest absolute Gasteiger partial charge is 0.351 e. The Morgan fingerprint density at radius 2 is 2.40 bits per heavy atom. The number of amides is 1. The van der Waals surface area contributed by atoms with Crippen molar-refractivity contribution >= 4 is 6.03 Å². The SMILES string of the molecule is NC(=O)n1cncnc1=O. The third kappa shape index (κ3) is 0.993. The van der Waals surface area contributed by atoms with Crippen LogP contribution >= 0.6 is 0 Å². The van der Waals surface area contributed by atoms with Gasteiger partial charge in [-0.3, -0.25) is 0 Å². The van der Waals surface area contributed by atoms with Gasteiger partial charge in [-0.1, -0.05) is 0 Å². The molecule has 52 valence electrons. The molecular weight excluding hydrogens is 136 g/mol. The predicted octanol–water partition coefficient (Wildman–Crippen LogP) is -1.43. The largest absolute Gasteiger partial charge is 0.358 e. The van der Waals surface area contributed by atoms with Crippen LogP contribution in [-0.2, 0) is 0 Å². The summed E-state index contributed by atoms with van der Waals surface area (Å²) in [5, 5.41) is 0. The Morgan fingerprint density at radius 1 is 1.70 bits per heavy atom. The highest BCUT2D eigenvalue weighted by Gasteiger charge is 1.98. The zero-order chi connectivity index (χ0) is 7.56. The number of hydrogen-bond donors (Lipinski definition) is 1. The second-order valence-corrected chi connectivity index (χ2v) is 1.50. The van der Waals surface area contributed by atoms with Gasteiger partial charge in [0.1, 0.15) is 12.7 Å². The van der Waals surface area contributed by atoms with Crippen molar-refractivity contribution in [1.29, 1.82) is 0 Å². The summed E-state index contributed by atoms with van der Waals surface area (Å²) in [6, 6.07) is -0.884. The van der Waals surface area contributed by atoms with Gasteiger partial charge in [0.05, 0.1) is 0 Å². The van der Waals surface area contributed by atoms with Gasteiger partial charge >= 0.3 is 11.7 Å². The molecule has 0 aliphatic heterocycles. The Morgan fingerprint density at radius 3 is 2.80 bits per heavy atom. The third-order valence-electron chi connectivity index (χ3n) is 0.860. The molecule has 6 nitrogen and oxygen atoms in total. The minimum Gasteiger partial charge on any atom is -0.351 e. The van der Waals surface area contributed by atoms with Gasteiger partial charge in [-0.25, -0.2) is 19.1 Å². The lowest BCUT2D eigenvalue weighted by Gasteiger charge is -1.92. The average molecular weight is 140 g/mol. The highest BCUT2D eigenvalue weighted by Crippen LogP contribution is 1.68. The molecule has 1 aromatic heterocycles.